The lowest BCUT2D eigenvalue weighted by Gasteiger charge is -2.36. The number of carbonyl (C=O) groups excluding carboxylic acids is 1. The summed E-state index contributed by atoms with van der Waals surface area (Å²) >= 11 is 0. The Bertz CT molecular complexity index is 481. The Kier molecular flexibility index (Phi) is 6.60. The van der Waals surface area contributed by atoms with E-state index in [4.69, 9.17) is 0 Å². The van der Waals surface area contributed by atoms with Gasteiger partial charge in [0.1, 0.15) is 0 Å². The first-order valence-electron chi connectivity index (χ1n) is 8.73. The molecule has 1 aromatic rings. The number of rotatable bonds is 6. The maximum Gasteiger partial charge on any atom is 0.237 e. The third kappa shape index (κ3) is 5.05. The van der Waals surface area contributed by atoms with Crippen molar-refractivity contribution >= 4 is 5.91 Å². The number of aliphatic hydroxyl groups is 1. The second kappa shape index (κ2) is 8.46. The minimum Gasteiger partial charge on any atom is -0.393 e. The smallest absolute Gasteiger partial charge is 0.237 e. The van der Waals surface area contributed by atoms with Gasteiger partial charge in [-0.2, -0.15) is 0 Å². The number of nitrogens with zero attached hydrogens (tertiary/aromatic N) is 1. The molecule has 1 fully saturated rings. The van der Waals surface area contributed by atoms with Gasteiger partial charge in [-0.05, 0) is 57.2 Å². The van der Waals surface area contributed by atoms with Crippen LogP contribution in [-0.4, -0.2) is 47.7 Å². The molecule has 23 heavy (non-hydrogen) atoms. The summed E-state index contributed by atoms with van der Waals surface area (Å²) in [7, 11) is 0. The van der Waals surface area contributed by atoms with Crippen LogP contribution in [0.5, 0.6) is 0 Å². The first-order chi connectivity index (χ1) is 11.0. The summed E-state index contributed by atoms with van der Waals surface area (Å²) in [5.74, 6) is 0.788. The number of piperidine rings is 1. The van der Waals surface area contributed by atoms with Gasteiger partial charge in [0.2, 0.25) is 5.91 Å². The highest BCUT2D eigenvalue weighted by molar-refractivity contribution is 5.81. The monoisotopic (exact) mass is 318 g/mol. The minimum absolute atomic E-state index is 0.100. The summed E-state index contributed by atoms with van der Waals surface area (Å²) < 4.78 is 0. The van der Waals surface area contributed by atoms with Crippen molar-refractivity contribution in [1.29, 1.82) is 0 Å². The van der Waals surface area contributed by atoms with Crippen LogP contribution in [0.2, 0.25) is 0 Å². The lowest BCUT2D eigenvalue weighted by atomic mass is 9.91. The largest absolute Gasteiger partial charge is 0.393 e. The fraction of sp³-hybridized carbons (Fsp3) is 0.632. The molecule has 3 unspecified atom stereocenters. The molecule has 1 aliphatic heterocycles. The molecular formula is C19H30N2O2. The molecule has 0 spiro atoms. The van der Waals surface area contributed by atoms with Crippen LogP contribution < -0.4 is 5.32 Å². The van der Waals surface area contributed by atoms with Gasteiger partial charge in [-0.3, -0.25) is 9.69 Å². The zero-order valence-electron chi connectivity index (χ0n) is 14.5. The first kappa shape index (κ1) is 18.0. The molecule has 0 radical (unpaired) electrons. The molecule has 128 valence electrons. The van der Waals surface area contributed by atoms with Crippen molar-refractivity contribution in [2.45, 2.75) is 51.7 Å². The van der Waals surface area contributed by atoms with E-state index in [9.17, 15) is 9.90 Å². The van der Waals surface area contributed by atoms with Gasteiger partial charge >= 0.3 is 0 Å². The molecule has 1 aromatic carbocycles. The number of likely N-dealkylation sites (tertiary alicyclic amines) is 1. The van der Waals surface area contributed by atoms with Crippen molar-refractivity contribution in [3.05, 3.63) is 35.9 Å². The number of hydrogen-bond acceptors (Lipinski definition) is 3. The molecular weight excluding hydrogens is 288 g/mol. The van der Waals surface area contributed by atoms with Crippen molar-refractivity contribution in [3.63, 3.8) is 0 Å². The molecule has 4 heteroatoms. The van der Waals surface area contributed by atoms with Gasteiger partial charge in [0, 0.05) is 6.54 Å². The van der Waals surface area contributed by atoms with Gasteiger partial charge in [-0.25, -0.2) is 0 Å². The molecule has 1 amide bonds. The fourth-order valence-electron chi connectivity index (χ4n) is 3.26. The number of carbonyl (C=O) groups is 1. The van der Waals surface area contributed by atoms with Crippen LogP contribution in [0.15, 0.2) is 30.3 Å². The summed E-state index contributed by atoms with van der Waals surface area (Å²) in [6, 6.07) is 10.2. The lowest BCUT2D eigenvalue weighted by molar-refractivity contribution is -0.126. The number of hydrogen-bond donors (Lipinski definition) is 2. The van der Waals surface area contributed by atoms with Gasteiger partial charge in [-0.15, -0.1) is 0 Å². The SMILES string of the molecule is CC(CNC(=O)C(C)N1CCC(C(C)O)CC1)c1ccccc1. The average Bonchev–Trinajstić information content (AvgIpc) is 2.59. The Morgan fingerprint density at radius 2 is 1.83 bits per heavy atom. The predicted octanol–water partition coefficient (Wildman–Crippen LogP) is 2.39. The molecule has 0 aromatic heterocycles. The van der Waals surface area contributed by atoms with E-state index in [1.54, 1.807) is 0 Å². The topological polar surface area (TPSA) is 52.6 Å². The number of aliphatic hydroxyl groups excluding tert-OH is 1. The Hall–Kier alpha value is -1.39. The van der Waals surface area contributed by atoms with E-state index < -0.39 is 0 Å². The maximum atomic E-state index is 12.4. The van der Waals surface area contributed by atoms with E-state index >= 15 is 0 Å². The number of amides is 1. The van der Waals surface area contributed by atoms with Crippen LogP contribution in [0.4, 0.5) is 0 Å². The standard InChI is InChI=1S/C19H30N2O2/c1-14(17-7-5-4-6-8-17)13-20-19(23)15(2)21-11-9-18(10-12-21)16(3)22/h4-8,14-16,18,22H,9-13H2,1-3H3,(H,20,23). The normalized spacial score (nSPS) is 20.7. The molecule has 0 saturated carbocycles. The summed E-state index contributed by atoms with van der Waals surface area (Å²) in [5, 5.41) is 12.7. The zero-order valence-corrected chi connectivity index (χ0v) is 14.5. The van der Waals surface area contributed by atoms with E-state index in [-0.39, 0.29) is 18.1 Å². The van der Waals surface area contributed by atoms with Crippen LogP contribution in [0.1, 0.15) is 45.1 Å². The number of nitrogens with one attached hydrogen (secondary N) is 1. The first-order valence-corrected chi connectivity index (χ1v) is 8.73. The molecule has 1 saturated heterocycles. The van der Waals surface area contributed by atoms with Gasteiger partial charge in [0.25, 0.3) is 0 Å². The van der Waals surface area contributed by atoms with E-state index in [1.807, 2.05) is 32.0 Å². The Morgan fingerprint density at radius 1 is 1.22 bits per heavy atom. The van der Waals surface area contributed by atoms with Crippen molar-refractivity contribution in [1.82, 2.24) is 10.2 Å². The van der Waals surface area contributed by atoms with Crippen LogP contribution in [0, 0.1) is 5.92 Å². The molecule has 4 nitrogen and oxygen atoms in total. The van der Waals surface area contributed by atoms with E-state index in [2.05, 4.69) is 29.3 Å². The van der Waals surface area contributed by atoms with Gasteiger partial charge < -0.3 is 10.4 Å². The van der Waals surface area contributed by atoms with Crippen molar-refractivity contribution in [2.24, 2.45) is 5.92 Å². The summed E-state index contributed by atoms with van der Waals surface area (Å²) in [6.45, 7) is 8.41. The Labute approximate surface area is 139 Å². The maximum absolute atomic E-state index is 12.4. The highest BCUT2D eigenvalue weighted by atomic mass is 16.3. The zero-order chi connectivity index (χ0) is 16.8. The molecule has 1 aliphatic rings. The second-order valence-electron chi connectivity index (χ2n) is 6.85. The van der Waals surface area contributed by atoms with Gasteiger partial charge in [0.05, 0.1) is 12.1 Å². The lowest BCUT2D eigenvalue weighted by Crippen LogP contribution is -2.49. The van der Waals surface area contributed by atoms with E-state index in [0.717, 1.165) is 25.9 Å². The van der Waals surface area contributed by atoms with E-state index in [1.165, 1.54) is 5.56 Å². The molecule has 0 bridgehead atoms. The summed E-state index contributed by atoms with van der Waals surface area (Å²) in [6.07, 6.45) is 1.69. The summed E-state index contributed by atoms with van der Waals surface area (Å²) in [5.41, 5.74) is 1.25. The fourth-order valence-corrected chi connectivity index (χ4v) is 3.26. The third-order valence-electron chi connectivity index (χ3n) is 5.13. The van der Waals surface area contributed by atoms with Crippen molar-refractivity contribution < 1.29 is 9.90 Å². The van der Waals surface area contributed by atoms with Gasteiger partial charge in [0.15, 0.2) is 0 Å². The molecule has 3 atom stereocenters. The second-order valence-corrected chi connectivity index (χ2v) is 6.85. The number of benzene rings is 1. The van der Waals surface area contributed by atoms with E-state index in [0.29, 0.717) is 18.4 Å². The van der Waals surface area contributed by atoms with Crippen LogP contribution in [-0.2, 0) is 4.79 Å². The van der Waals surface area contributed by atoms with Crippen molar-refractivity contribution in [3.8, 4) is 0 Å². The Morgan fingerprint density at radius 3 is 2.39 bits per heavy atom. The molecule has 1 heterocycles. The van der Waals surface area contributed by atoms with Crippen LogP contribution in [0.25, 0.3) is 0 Å². The van der Waals surface area contributed by atoms with Crippen molar-refractivity contribution in [2.75, 3.05) is 19.6 Å². The Balaban J connectivity index is 1.77. The van der Waals surface area contributed by atoms with Crippen LogP contribution >= 0.6 is 0 Å². The molecule has 0 aliphatic carbocycles. The predicted molar refractivity (Wildman–Crippen MR) is 93.3 cm³/mol. The summed E-state index contributed by atoms with van der Waals surface area (Å²) in [4.78, 5) is 14.6. The third-order valence-corrected chi connectivity index (χ3v) is 5.13. The molecule has 2 N–H and O–H groups in total. The average molecular weight is 318 g/mol. The highest BCUT2D eigenvalue weighted by Crippen LogP contribution is 2.22. The molecule has 2 rings (SSSR count). The quantitative estimate of drug-likeness (QED) is 0.847. The highest BCUT2D eigenvalue weighted by Gasteiger charge is 2.28. The van der Waals surface area contributed by atoms with Crippen LogP contribution in [0.3, 0.4) is 0 Å². The minimum atomic E-state index is -0.243. The van der Waals surface area contributed by atoms with Gasteiger partial charge in [-0.1, -0.05) is 37.3 Å².